The van der Waals surface area contributed by atoms with Crippen LogP contribution in [-0.2, 0) is 15.4 Å². The predicted molar refractivity (Wildman–Crippen MR) is 146 cm³/mol. The molecule has 0 heterocycles. The summed E-state index contributed by atoms with van der Waals surface area (Å²) in [6, 6.07) is 45.4. The number of aryl methyl sites for hydroxylation is 1. The molecule has 0 saturated heterocycles. The number of benzene rings is 5. The van der Waals surface area contributed by atoms with E-state index in [2.05, 4.69) is 41.1 Å². The average Bonchev–Trinajstić information content (AvgIpc) is 2.92. The first-order valence-electron chi connectivity index (χ1n) is 11.8. The fourth-order valence-electron chi connectivity index (χ4n) is 4.74. The van der Waals surface area contributed by atoms with Crippen molar-refractivity contribution in [2.75, 3.05) is 0 Å². The highest BCUT2D eigenvalue weighted by atomic mass is 32.2. The van der Waals surface area contributed by atoms with Crippen molar-refractivity contribution in [1.29, 1.82) is 0 Å². The van der Waals surface area contributed by atoms with Gasteiger partial charge in [0.25, 0.3) is 0 Å². The van der Waals surface area contributed by atoms with Crippen molar-refractivity contribution < 1.29 is 8.42 Å². The summed E-state index contributed by atoms with van der Waals surface area (Å²) >= 11 is 0. The maximum Gasteiger partial charge on any atom is 0.123 e. The van der Waals surface area contributed by atoms with Gasteiger partial charge in [-0.25, -0.2) is 8.42 Å². The molecular weight excluding hydrogens is 462 g/mol. The van der Waals surface area contributed by atoms with Gasteiger partial charge in [0.05, 0.1) is 10.3 Å². The number of sulfonamides is 1. The summed E-state index contributed by atoms with van der Waals surface area (Å²) in [5.74, 6) is 0. The zero-order valence-corrected chi connectivity index (χ0v) is 20.8. The Balaban J connectivity index is 1.63. The molecule has 0 aliphatic heterocycles. The Labute approximate surface area is 213 Å². The second-order valence-electron chi connectivity index (χ2n) is 8.77. The molecule has 0 aliphatic carbocycles. The third kappa shape index (κ3) is 4.43. The zero-order chi connectivity index (χ0) is 25.0. The van der Waals surface area contributed by atoms with Crippen LogP contribution in [0.4, 0.5) is 5.69 Å². The fourth-order valence-corrected chi connectivity index (χ4v) is 5.72. The highest BCUT2D eigenvalue weighted by Gasteiger charge is 2.37. The third-order valence-electron chi connectivity index (χ3n) is 6.47. The Morgan fingerprint density at radius 2 is 0.889 bits per heavy atom. The van der Waals surface area contributed by atoms with Crippen LogP contribution in [0.3, 0.4) is 0 Å². The zero-order valence-electron chi connectivity index (χ0n) is 20.0. The lowest BCUT2D eigenvalue weighted by Gasteiger charge is -2.37. The monoisotopic (exact) mass is 488 g/mol. The van der Waals surface area contributed by atoms with Crippen molar-refractivity contribution in [3.05, 3.63) is 172 Å². The summed E-state index contributed by atoms with van der Waals surface area (Å²) in [4.78, 5) is 0.185. The van der Waals surface area contributed by atoms with Crippen LogP contribution in [0.15, 0.2) is 144 Å². The maximum atomic E-state index is 12.9. The molecule has 0 fully saturated rings. The lowest BCUT2D eigenvalue weighted by Crippen LogP contribution is -2.30. The summed E-state index contributed by atoms with van der Waals surface area (Å²) < 4.78 is 29.9. The van der Waals surface area contributed by atoms with Crippen LogP contribution in [0.1, 0.15) is 27.8 Å². The quantitative estimate of drug-likeness (QED) is 0.220. The number of hydrogen-bond donors (Lipinski definition) is 0. The minimum Gasteiger partial charge on any atom is -0.573 e. The van der Waals surface area contributed by atoms with E-state index >= 15 is 0 Å². The van der Waals surface area contributed by atoms with Crippen LogP contribution in [0, 0.1) is 6.92 Å². The number of rotatable bonds is 7. The molecule has 0 N–H and O–H groups in total. The van der Waals surface area contributed by atoms with Gasteiger partial charge >= 0.3 is 0 Å². The largest absolute Gasteiger partial charge is 0.573 e. The van der Waals surface area contributed by atoms with Gasteiger partial charge in [0, 0.05) is 0 Å². The summed E-state index contributed by atoms with van der Waals surface area (Å²) in [5.41, 5.74) is 5.20. The molecule has 0 radical (unpaired) electrons. The average molecular weight is 489 g/mol. The van der Waals surface area contributed by atoms with E-state index in [9.17, 15) is 8.42 Å². The van der Waals surface area contributed by atoms with E-state index in [0.717, 1.165) is 27.8 Å². The van der Waals surface area contributed by atoms with Crippen molar-refractivity contribution in [1.82, 2.24) is 0 Å². The molecule has 0 aliphatic rings. The summed E-state index contributed by atoms with van der Waals surface area (Å²) in [6.45, 7) is 1.92. The number of hydrogen-bond acceptors (Lipinski definition) is 2. The minimum absolute atomic E-state index is 0.185. The molecule has 3 nitrogen and oxygen atoms in total. The van der Waals surface area contributed by atoms with Gasteiger partial charge in [0.15, 0.2) is 0 Å². The van der Waals surface area contributed by atoms with Crippen molar-refractivity contribution in [2.24, 2.45) is 0 Å². The molecule has 0 saturated carbocycles. The predicted octanol–water partition coefficient (Wildman–Crippen LogP) is 7.77. The van der Waals surface area contributed by atoms with Gasteiger partial charge in [0.1, 0.15) is 10.0 Å². The maximum absolute atomic E-state index is 12.9. The van der Waals surface area contributed by atoms with Gasteiger partial charge in [-0.05, 0) is 41.3 Å². The van der Waals surface area contributed by atoms with E-state index in [1.54, 1.807) is 36.4 Å². The van der Waals surface area contributed by atoms with Crippen LogP contribution in [0.5, 0.6) is 0 Å². The summed E-state index contributed by atoms with van der Waals surface area (Å²) in [7, 11) is -3.81. The molecule has 5 aromatic carbocycles. The minimum atomic E-state index is -3.81. The standard InChI is InChI=1S/C32H26NO2S/c1-25-17-23-31(24-18-25)36(34,35)33-30-21-19-29(20-22-30)32(26-11-5-2-6-12-26,27-13-7-3-8-14-27)28-15-9-4-10-16-28/h2-24H,1H3/q-1. The van der Waals surface area contributed by atoms with Crippen molar-refractivity contribution in [3.63, 3.8) is 0 Å². The Kier molecular flexibility index (Phi) is 6.45. The Morgan fingerprint density at radius 3 is 1.31 bits per heavy atom. The van der Waals surface area contributed by atoms with Gasteiger partial charge in [-0.3, -0.25) is 0 Å². The Morgan fingerprint density at radius 1 is 0.500 bits per heavy atom. The number of nitrogens with zero attached hydrogens (tertiary/aromatic N) is 1. The first-order valence-corrected chi connectivity index (χ1v) is 13.3. The van der Waals surface area contributed by atoms with E-state index in [1.165, 1.54) is 0 Å². The fraction of sp³-hybridized carbons (Fsp3) is 0.0625. The first-order chi connectivity index (χ1) is 17.5. The molecule has 36 heavy (non-hydrogen) atoms. The van der Waals surface area contributed by atoms with Gasteiger partial charge in [-0.1, -0.05) is 133 Å². The molecule has 4 heteroatoms. The molecule has 0 spiro atoms. The Bertz CT molecular complexity index is 1430. The second-order valence-corrected chi connectivity index (χ2v) is 10.4. The van der Waals surface area contributed by atoms with Crippen LogP contribution < -0.4 is 0 Å². The molecule has 5 rings (SSSR count). The van der Waals surface area contributed by atoms with Crippen LogP contribution in [0.2, 0.25) is 0 Å². The lowest BCUT2D eigenvalue weighted by atomic mass is 9.65. The van der Waals surface area contributed by atoms with E-state index in [4.69, 9.17) is 0 Å². The molecule has 0 atom stereocenters. The molecule has 0 bridgehead atoms. The van der Waals surface area contributed by atoms with Crippen LogP contribution in [-0.4, -0.2) is 8.42 Å². The first kappa shape index (κ1) is 23.6. The molecule has 0 aromatic heterocycles. The third-order valence-corrected chi connectivity index (χ3v) is 7.78. The highest BCUT2D eigenvalue weighted by molar-refractivity contribution is 7.94. The SMILES string of the molecule is Cc1ccc(S(=O)(=O)[N-]c2ccc(C(c3ccccc3)(c3ccccc3)c3ccccc3)cc2)cc1. The van der Waals surface area contributed by atoms with Crippen LogP contribution in [0.25, 0.3) is 4.72 Å². The molecule has 0 unspecified atom stereocenters. The van der Waals surface area contributed by atoms with E-state index < -0.39 is 15.4 Å². The molecule has 5 aromatic rings. The highest BCUT2D eigenvalue weighted by Crippen LogP contribution is 2.45. The molecule has 0 amide bonds. The summed E-state index contributed by atoms with van der Waals surface area (Å²) in [6.07, 6.45) is 0. The second kappa shape index (κ2) is 9.84. The van der Waals surface area contributed by atoms with Crippen LogP contribution >= 0.6 is 0 Å². The summed E-state index contributed by atoms with van der Waals surface area (Å²) in [5, 5.41) is 0. The van der Waals surface area contributed by atoms with Gasteiger partial charge in [-0.15, -0.1) is 5.69 Å². The molecular formula is C32H26NO2S-. The van der Waals surface area contributed by atoms with E-state index in [1.807, 2.05) is 73.7 Å². The normalized spacial score (nSPS) is 11.7. The van der Waals surface area contributed by atoms with Crippen molar-refractivity contribution >= 4 is 15.7 Å². The molecule has 178 valence electrons. The van der Waals surface area contributed by atoms with E-state index in [-0.39, 0.29) is 4.90 Å². The van der Waals surface area contributed by atoms with Gasteiger partial charge in [-0.2, -0.15) is 0 Å². The van der Waals surface area contributed by atoms with Crippen molar-refractivity contribution in [2.45, 2.75) is 17.2 Å². The van der Waals surface area contributed by atoms with Crippen molar-refractivity contribution in [3.8, 4) is 0 Å². The topological polar surface area (TPSA) is 48.2 Å². The van der Waals surface area contributed by atoms with E-state index in [0.29, 0.717) is 5.69 Å². The van der Waals surface area contributed by atoms with Gasteiger partial charge < -0.3 is 4.72 Å². The Hall–Kier alpha value is -4.15. The van der Waals surface area contributed by atoms with Gasteiger partial charge in [0.2, 0.25) is 0 Å². The lowest BCUT2D eigenvalue weighted by molar-refractivity contribution is 0.603. The smallest absolute Gasteiger partial charge is 0.123 e.